The molecular weight excluding hydrogens is 206 g/mol. The molecule has 0 aromatic heterocycles. The van der Waals surface area contributed by atoms with Gasteiger partial charge in [-0.15, -0.1) is 0 Å². The van der Waals surface area contributed by atoms with E-state index in [0.717, 1.165) is 13.0 Å². The number of amides is 2. The summed E-state index contributed by atoms with van der Waals surface area (Å²) in [5.74, 6) is 0.0423. The molecule has 1 atom stereocenters. The maximum Gasteiger partial charge on any atom is 0.239 e. The van der Waals surface area contributed by atoms with Gasteiger partial charge in [0.15, 0.2) is 0 Å². The third kappa shape index (κ3) is 3.48. The molecule has 0 bridgehead atoms. The molecule has 0 spiro atoms. The van der Waals surface area contributed by atoms with Crippen molar-refractivity contribution in [3.63, 3.8) is 0 Å². The minimum Gasteiger partial charge on any atom is -0.352 e. The van der Waals surface area contributed by atoms with Gasteiger partial charge < -0.3 is 16.0 Å². The largest absolute Gasteiger partial charge is 0.352 e. The van der Waals surface area contributed by atoms with Crippen LogP contribution in [-0.2, 0) is 9.59 Å². The van der Waals surface area contributed by atoms with Crippen molar-refractivity contribution < 1.29 is 9.59 Å². The Morgan fingerprint density at radius 3 is 2.75 bits per heavy atom. The van der Waals surface area contributed by atoms with E-state index in [4.69, 9.17) is 0 Å². The van der Waals surface area contributed by atoms with Crippen molar-refractivity contribution in [3.05, 3.63) is 0 Å². The number of hydrogen-bond acceptors (Lipinski definition) is 3. The van der Waals surface area contributed by atoms with E-state index in [9.17, 15) is 9.59 Å². The average Bonchev–Trinajstić information content (AvgIpc) is 2.60. The van der Waals surface area contributed by atoms with Crippen LogP contribution < -0.4 is 16.0 Å². The van der Waals surface area contributed by atoms with Crippen LogP contribution in [0.5, 0.6) is 0 Å². The van der Waals surface area contributed by atoms with E-state index in [2.05, 4.69) is 16.0 Å². The lowest BCUT2D eigenvalue weighted by atomic mass is 10.0. The Bertz CT molecular complexity index is 276. The molecule has 16 heavy (non-hydrogen) atoms. The van der Waals surface area contributed by atoms with Crippen LogP contribution in [0.25, 0.3) is 0 Å². The van der Waals surface area contributed by atoms with Crippen LogP contribution in [0, 0.1) is 0 Å². The quantitative estimate of drug-likeness (QED) is 0.607. The van der Waals surface area contributed by atoms with Crippen molar-refractivity contribution in [1.29, 1.82) is 0 Å². The molecule has 2 amide bonds. The highest BCUT2D eigenvalue weighted by atomic mass is 16.2. The van der Waals surface area contributed by atoms with Crippen molar-refractivity contribution in [1.82, 2.24) is 16.0 Å². The topological polar surface area (TPSA) is 70.2 Å². The van der Waals surface area contributed by atoms with E-state index in [1.54, 1.807) is 0 Å². The number of likely N-dealkylation sites (N-methyl/N-ethyl adjacent to an activating group) is 1. The first-order chi connectivity index (χ1) is 7.45. The molecule has 92 valence electrons. The van der Waals surface area contributed by atoms with E-state index in [-0.39, 0.29) is 17.9 Å². The van der Waals surface area contributed by atoms with Crippen molar-refractivity contribution in [3.8, 4) is 0 Å². The SMILES string of the molecule is CCNC(C)(C)C(=O)NCC1CCC(=O)N1. The molecule has 1 fully saturated rings. The van der Waals surface area contributed by atoms with Crippen LogP contribution in [0.2, 0.25) is 0 Å². The molecule has 1 aliphatic rings. The first-order valence-corrected chi connectivity index (χ1v) is 5.78. The van der Waals surface area contributed by atoms with Gasteiger partial charge in [0.1, 0.15) is 0 Å². The number of rotatable bonds is 5. The first-order valence-electron chi connectivity index (χ1n) is 5.78. The zero-order valence-corrected chi connectivity index (χ0v) is 10.2. The van der Waals surface area contributed by atoms with Gasteiger partial charge in [0.2, 0.25) is 11.8 Å². The number of carbonyl (C=O) groups excluding carboxylic acids is 2. The van der Waals surface area contributed by atoms with Crippen LogP contribution in [0.1, 0.15) is 33.6 Å². The van der Waals surface area contributed by atoms with Gasteiger partial charge in [0.05, 0.1) is 5.54 Å². The summed E-state index contributed by atoms with van der Waals surface area (Å²) in [6.07, 6.45) is 1.37. The maximum atomic E-state index is 11.8. The second-order valence-corrected chi connectivity index (χ2v) is 4.67. The Balaban J connectivity index is 2.32. The minimum atomic E-state index is -0.558. The fraction of sp³-hybridized carbons (Fsp3) is 0.818. The Labute approximate surface area is 96.4 Å². The lowest BCUT2D eigenvalue weighted by molar-refractivity contribution is -0.126. The summed E-state index contributed by atoms with van der Waals surface area (Å²) in [6.45, 7) is 6.92. The standard InChI is InChI=1S/C11H21N3O2/c1-4-13-11(2,3)10(16)12-7-8-5-6-9(15)14-8/h8,13H,4-7H2,1-3H3,(H,12,16)(H,14,15). The number of carbonyl (C=O) groups is 2. The van der Waals surface area contributed by atoms with E-state index in [0.29, 0.717) is 13.0 Å². The van der Waals surface area contributed by atoms with Crippen molar-refractivity contribution in [2.24, 2.45) is 0 Å². The van der Waals surface area contributed by atoms with E-state index < -0.39 is 5.54 Å². The second-order valence-electron chi connectivity index (χ2n) is 4.67. The molecule has 1 saturated heterocycles. The summed E-state index contributed by atoms with van der Waals surface area (Å²) in [4.78, 5) is 22.8. The third-order valence-electron chi connectivity index (χ3n) is 2.78. The molecule has 1 rings (SSSR count). The number of nitrogens with one attached hydrogen (secondary N) is 3. The van der Waals surface area contributed by atoms with Gasteiger partial charge in [-0.1, -0.05) is 6.92 Å². The van der Waals surface area contributed by atoms with E-state index >= 15 is 0 Å². The molecule has 0 radical (unpaired) electrons. The zero-order valence-electron chi connectivity index (χ0n) is 10.2. The van der Waals surface area contributed by atoms with Gasteiger partial charge in [-0.25, -0.2) is 0 Å². The molecule has 0 saturated carbocycles. The summed E-state index contributed by atoms with van der Waals surface area (Å²) >= 11 is 0. The molecule has 5 nitrogen and oxygen atoms in total. The molecule has 0 aliphatic carbocycles. The summed E-state index contributed by atoms with van der Waals surface area (Å²) in [5.41, 5.74) is -0.558. The fourth-order valence-corrected chi connectivity index (χ4v) is 1.79. The van der Waals surface area contributed by atoms with Crippen LogP contribution in [0.15, 0.2) is 0 Å². The Hall–Kier alpha value is -1.10. The molecule has 0 aromatic rings. The van der Waals surface area contributed by atoms with Crippen LogP contribution in [-0.4, -0.2) is 36.5 Å². The van der Waals surface area contributed by atoms with Gasteiger partial charge >= 0.3 is 0 Å². The van der Waals surface area contributed by atoms with Gasteiger partial charge in [-0.3, -0.25) is 9.59 Å². The molecule has 1 aliphatic heterocycles. The monoisotopic (exact) mass is 227 g/mol. The van der Waals surface area contributed by atoms with Gasteiger partial charge in [-0.2, -0.15) is 0 Å². The normalized spacial score (nSPS) is 20.7. The molecule has 5 heteroatoms. The van der Waals surface area contributed by atoms with E-state index in [1.165, 1.54) is 0 Å². The molecule has 1 unspecified atom stereocenters. The number of hydrogen-bond donors (Lipinski definition) is 3. The first kappa shape index (κ1) is 13.0. The fourth-order valence-electron chi connectivity index (χ4n) is 1.79. The maximum absolute atomic E-state index is 11.8. The molecule has 1 heterocycles. The predicted octanol–water partition coefficient (Wildman–Crippen LogP) is -0.231. The van der Waals surface area contributed by atoms with Crippen molar-refractivity contribution in [2.45, 2.75) is 45.2 Å². The van der Waals surface area contributed by atoms with Crippen LogP contribution in [0.4, 0.5) is 0 Å². The minimum absolute atomic E-state index is 0.0319. The van der Waals surface area contributed by atoms with Gasteiger partial charge in [0, 0.05) is 19.0 Å². The predicted molar refractivity (Wildman–Crippen MR) is 61.9 cm³/mol. The van der Waals surface area contributed by atoms with Crippen LogP contribution >= 0.6 is 0 Å². The van der Waals surface area contributed by atoms with Crippen molar-refractivity contribution >= 4 is 11.8 Å². The van der Waals surface area contributed by atoms with Crippen LogP contribution in [0.3, 0.4) is 0 Å². The molecular formula is C11H21N3O2. The highest BCUT2D eigenvalue weighted by Gasteiger charge is 2.27. The Morgan fingerprint density at radius 2 is 2.25 bits per heavy atom. The lowest BCUT2D eigenvalue weighted by Crippen LogP contribution is -2.54. The Kier molecular flexibility index (Phi) is 4.29. The van der Waals surface area contributed by atoms with Gasteiger partial charge in [-0.05, 0) is 26.8 Å². The smallest absolute Gasteiger partial charge is 0.239 e. The Morgan fingerprint density at radius 1 is 1.56 bits per heavy atom. The second kappa shape index (κ2) is 5.30. The summed E-state index contributed by atoms with van der Waals surface area (Å²) in [6, 6.07) is 0.0916. The van der Waals surface area contributed by atoms with Crippen molar-refractivity contribution in [2.75, 3.05) is 13.1 Å². The zero-order chi connectivity index (χ0) is 12.2. The summed E-state index contributed by atoms with van der Waals surface area (Å²) in [7, 11) is 0. The molecule has 0 aromatic carbocycles. The average molecular weight is 227 g/mol. The summed E-state index contributed by atoms with van der Waals surface area (Å²) < 4.78 is 0. The highest BCUT2D eigenvalue weighted by molar-refractivity contribution is 5.85. The third-order valence-corrected chi connectivity index (χ3v) is 2.78. The van der Waals surface area contributed by atoms with Gasteiger partial charge in [0.25, 0.3) is 0 Å². The summed E-state index contributed by atoms with van der Waals surface area (Å²) in [5, 5.41) is 8.78. The van der Waals surface area contributed by atoms with E-state index in [1.807, 2.05) is 20.8 Å². The highest BCUT2D eigenvalue weighted by Crippen LogP contribution is 2.06. The lowest BCUT2D eigenvalue weighted by Gasteiger charge is -2.25. The molecule has 3 N–H and O–H groups in total.